The zero-order valence-electron chi connectivity index (χ0n) is 12.1. The molecule has 6 nitrogen and oxygen atoms in total. The minimum absolute atomic E-state index is 0.0913. The summed E-state index contributed by atoms with van der Waals surface area (Å²) in [6.07, 6.45) is 2.27. The van der Waals surface area contributed by atoms with Gasteiger partial charge in [-0.25, -0.2) is 0 Å². The van der Waals surface area contributed by atoms with Gasteiger partial charge in [-0.3, -0.25) is 9.69 Å². The number of hydrogen-bond donors (Lipinski definition) is 2. The molecular formula is C13H28N4O2. The van der Waals surface area contributed by atoms with Crippen LogP contribution in [0.4, 0.5) is 0 Å². The lowest BCUT2D eigenvalue weighted by Crippen LogP contribution is -2.49. The first kappa shape index (κ1) is 16.4. The van der Waals surface area contributed by atoms with Crippen LogP contribution in [0.15, 0.2) is 0 Å². The molecule has 0 atom stereocenters. The van der Waals surface area contributed by atoms with Crippen LogP contribution in [0.3, 0.4) is 0 Å². The monoisotopic (exact) mass is 272 g/mol. The molecule has 1 rings (SSSR count). The second-order valence-electron chi connectivity index (χ2n) is 4.96. The Bertz CT molecular complexity index is 243. The van der Waals surface area contributed by atoms with Gasteiger partial charge in [0.15, 0.2) is 0 Å². The lowest BCUT2D eigenvalue weighted by atomic mass is 10.2. The summed E-state index contributed by atoms with van der Waals surface area (Å²) in [5.41, 5.74) is 5.49. The average molecular weight is 272 g/mol. The molecule has 0 spiro atoms. The van der Waals surface area contributed by atoms with Crippen molar-refractivity contribution in [1.29, 1.82) is 0 Å². The van der Waals surface area contributed by atoms with Crippen molar-refractivity contribution in [3.63, 3.8) is 0 Å². The largest absolute Gasteiger partial charge is 0.383 e. The van der Waals surface area contributed by atoms with Gasteiger partial charge in [0, 0.05) is 39.8 Å². The van der Waals surface area contributed by atoms with Crippen LogP contribution in [0.25, 0.3) is 0 Å². The van der Waals surface area contributed by atoms with E-state index < -0.39 is 0 Å². The minimum Gasteiger partial charge on any atom is -0.383 e. The number of amides is 1. The van der Waals surface area contributed by atoms with Crippen LogP contribution >= 0.6 is 0 Å². The van der Waals surface area contributed by atoms with E-state index in [9.17, 15) is 4.79 Å². The van der Waals surface area contributed by atoms with Crippen molar-refractivity contribution < 1.29 is 9.53 Å². The number of nitrogens with zero attached hydrogens (tertiary/aromatic N) is 2. The van der Waals surface area contributed by atoms with Gasteiger partial charge in [-0.1, -0.05) is 0 Å². The van der Waals surface area contributed by atoms with Crippen LogP contribution in [0.5, 0.6) is 0 Å². The molecule has 1 heterocycles. The Morgan fingerprint density at radius 1 is 1.21 bits per heavy atom. The van der Waals surface area contributed by atoms with E-state index in [0.29, 0.717) is 19.7 Å². The van der Waals surface area contributed by atoms with E-state index in [-0.39, 0.29) is 5.91 Å². The third-order valence-corrected chi connectivity index (χ3v) is 3.39. The fourth-order valence-electron chi connectivity index (χ4n) is 2.20. The maximum Gasteiger partial charge on any atom is 0.234 e. The van der Waals surface area contributed by atoms with Gasteiger partial charge in [-0.05, 0) is 25.9 Å². The Morgan fingerprint density at radius 2 is 1.89 bits per heavy atom. The fourth-order valence-corrected chi connectivity index (χ4v) is 2.20. The molecule has 19 heavy (non-hydrogen) atoms. The van der Waals surface area contributed by atoms with Crippen LogP contribution in [0.1, 0.15) is 12.8 Å². The molecule has 0 radical (unpaired) electrons. The maximum absolute atomic E-state index is 11.6. The molecule has 1 aliphatic heterocycles. The zero-order chi connectivity index (χ0) is 13.9. The first-order valence-corrected chi connectivity index (χ1v) is 7.16. The van der Waals surface area contributed by atoms with Gasteiger partial charge in [-0.15, -0.1) is 0 Å². The highest BCUT2D eigenvalue weighted by molar-refractivity contribution is 5.77. The Kier molecular flexibility index (Phi) is 8.73. The molecule has 1 aliphatic rings. The van der Waals surface area contributed by atoms with Crippen molar-refractivity contribution in [2.45, 2.75) is 12.8 Å². The highest BCUT2D eigenvalue weighted by atomic mass is 16.5. The van der Waals surface area contributed by atoms with Crippen molar-refractivity contribution in [2.24, 2.45) is 5.73 Å². The van der Waals surface area contributed by atoms with Crippen molar-refractivity contribution >= 4 is 5.91 Å². The van der Waals surface area contributed by atoms with Crippen LogP contribution in [-0.2, 0) is 9.53 Å². The second-order valence-corrected chi connectivity index (χ2v) is 4.96. The van der Waals surface area contributed by atoms with Gasteiger partial charge in [0.2, 0.25) is 5.91 Å². The second kappa shape index (κ2) is 10.1. The molecule has 112 valence electrons. The van der Waals surface area contributed by atoms with E-state index >= 15 is 0 Å². The van der Waals surface area contributed by atoms with Crippen molar-refractivity contribution in [1.82, 2.24) is 15.1 Å². The number of nitrogens with one attached hydrogen (secondary N) is 1. The lowest BCUT2D eigenvalue weighted by molar-refractivity contribution is -0.122. The summed E-state index contributed by atoms with van der Waals surface area (Å²) < 4.78 is 4.90. The van der Waals surface area contributed by atoms with E-state index in [1.165, 1.54) is 6.42 Å². The zero-order valence-corrected chi connectivity index (χ0v) is 12.1. The number of ether oxygens (including phenoxy) is 1. The van der Waals surface area contributed by atoms with Crippen molar-refractivity contribution in [3.8, 4) is 0 Å². The number of unbranched alkanes of at least 4 members (excludes halogenated alkanes) is 1. The van der Waals surface area contributed by atoms with Gasteiger partial charge in [0.05, 0.1) is 13.2 Å². The Morgan fingerprint density at radius 3 is 2.53 bits per heavy atom. The molecule has 0 unspecified atom stereocenters. The van der Waals surface area contributed by atoms with Crippen LogP contribution in [0.2, 0.25) is 0 Å². The van der Waals surface area contributed by atoms with Crippen molar-refractivity contribution in [2.75, 3.05) is 66.1 Å². The molecule has 6 heteroatoms. The summed E-state index contributed by atoms with van der Waals surface area (Å²) in [5, 5.41) is 2.85. The topological polar surface area (TPSA) is 70.8 Å². The fraction of sp³-hybridized carbons (Fsp3) is 0.923. The molecule has 1 amide bonds. The summed E-state index contributed by atoms with van der Waals surface area (Å²) in [6, 6.07) is 0. The predicted octanol–water partition coefficient (Wildman–Crippen LogP) is -0.894. The average Bonchev–Trinajstić information content (AvgIpc) is 2.41. The number of nitrogens with two attached hydrogens (primary N) is 1. The first-order valence-electron chi connectivity index (χ1n) is 7.16. The van der Waals surface area contributed by atoms with Crippen LogP contribution in [-0.4, -0.2) is 81.8 Å². The van der Waals surface area contributed by atoms with Crippen molar-refractivity contribution in [3.05, 3.63) is 0 Å². The SMILES string of the molecule is COCCNC(=O)CN1CCN(CCCCN)CC1. The molecule has 0 saturated carbocycles. The van der Waals surface area contributed by atoms with Gasteiger partial charge >= 0.3 is 0 Å². The number of hydrogen-bond acceptors (Lipinski definition) is 5. The third kappa shape index (κ3) is 7.47. The summed E-state index contributed by atoms with van der Waals surface area (Å²) in [5.74, 6) is 0.0913. The number of piperazine rings is 1. The summed E-state index contributed by atoms with van der Waals surface area (Å²) in [6.45, 7) is 7.62. The van der Waals surface area contributed by atoms with Gasteiger partial charge in [-0.2, -0.15) is 0 Å². The van der Waals surface area contributed by atoms with E-state index in [4.69, 9.17) is 10.5 Å². The van der Waals surface area contributed by atoms with Gasteiger partial charge in [0.25, 0.3) is 0 Å². The number of methoxy groups -OCH3 is 1. The van der Waals surface area contributed by atoms with E-state index in [1.54, 1.807) is 7.11 Å². The molecule has 0 aromatic rings. The quantitative estimate of drug-likeness (QED) is 0.533. The van der Waals surface area contributed by atoms with E-state index in [1.807, 2.05) is 0 Å². The Balaban J connectivity index is 2.07. The highest BCUT2D eigenvalue weighted by Gasteiger charge is 2.18. The number of carbonyl (C=O) groups excluding carboxylic acids is 1. The first-order chi connectivity index (χ1) is 9.26. The smallest absolute Gasteiger partial charge is 0.234 e. The van der Waals surface area contributed by atoms with E-state index in [0.717, 1.165) is 45.7 Å². The summed E-state index contributed by atoms with van der Waals surface area (Å²) in [7, 11) is 1.63. The number of carbonyl (C=O) groups is 1. The minimum atomic E-state index is 0.0913. The summed E-state index contributed by atoms with van der Waals surface area (Å²) >= 11 is 0. The summed E-state index contributed by atoms with van der Waals surface area (Å²) in [4.78, 5) is 16.3. The van der Waals surface area contributed by atoms with Gasteiger partial charge < -0.3 is 20.7 Å². The van der Waals surface area contributed by atoms with Crippen LogP contribution < -0.4 is 11.1 Å². The van der Waals surface area contributed by atoms with Gasteiger partial charge in [0.1, 0.15) is 0 Å². The molecule has 3 N–H and O–H groups in total. The molecule has 0 aromatic carbocycles. The molecule has 1 saturated heterocycles. The Hall–Kier alpha value is -0.690. The molecule has 0 aliphatic carbocycles. The molecule has 1 fully saturated rings. The van der Waals surface area contributed by atoms with Crippen LogP contribution in [0, 0.1) is 0 Å². The maximum atomic E-state index is 11.6. The van der Waals surface area contributed by atoms with E-state index in [2.05, 4.69) is 15.1 Å². The number of rotatable bonds is 9. The lowest BCUT2D eigenvalue weighted by Gasteiger charge is -2.34. The molecular weight excluding hydrogens is 244 g/mol. The third-order valence-electron chi connectivity index (χ3n) is 3.39. The highest BCUT2D eigenvalue weighted by Crippen LogP contribution is 2.03. The standard InChI is InChI=1S/C13H28N4O2/c1-19-11-5-15-13(18)12-17-9-7-16(8-10-17)6-3-2-4-14/h2-12,14H2,1H3,(H,15,18). The Labute approximate surface area is 116 Å². The normalized spacial score (nSPS) is 17.6. The predicted molar refractivity (Wildman–Crippen MR) is 76.1 cm³/mol. The molecule has 0 bridgehead atoms. The molecule has 0 aromatic heterocycles.